The van der Waals surface area contributed by atoms with E-state index < -0.39 is 0 Å². The van der Waals surface area contributed by atoms with Crippen molar-refractivity contribution in [3.8, 4) is 0 Å². The van der Waals surface area contributed by atoms with Gasteiger partial charge in [0.15, 0.2) is 0 Å². The summed E-state index contributed by atoms with van der Waals surface area (Å²) in [6.45, 7) is 13.0. The average Bonchev–Trinajstić information content (AvgIpc) is 2.20. The van der Waals surface area contributed by atoms with E-state index in [1.807, 2.05) is 20.8 Å². The molecule has 0 atom stereocenters. The monoisotopic (exact) mass is 193 g/mol. The first-order valence-corrected chi connectivity index (χ1v) is 4.57. The van der Waals surface area contributed by atoms with E-state index >= 15 is 0 Å². The van der Waals surface area contributed by atoms with Gasteiger partial charge in [-0.25, -0.2) is 4.39 Å². The van der Waals surface area contributed by atoms with Crippen molar-refractivity contribution in [1.29, 1.82) is 0 Å². The molecule has 0 aliphatic heterocycles. The van der Waals surface area contributed by atoms with Gasteiger partial charge >= 0.3 is 0 Å². The Morgan fingerprint density at radius 2 is 1.93 bits per heavy atom. The molecule has 0 heterocycles. The second-order valence-electron chi connectivity index (χ2n) is 2.60. The van der Waals surface area contributed by atoms with E-state index in [4.69, 9.17) is 0 Å². The van der Waals surface area contributed by atoms with Gasteiger partial charge in [-0.15, -0.1) is 0 Å². The number of halogens is 1. The molecule has 0 saturated carbocycles. The summed E-state index contributed by atoms with van der Waals surface area (Å²) in [6.07, 6.45) is 0. The quantitative estimate of drug-likeness (QED) is 0.624. The van der Waals surface area contributed by atoms with Crippen LogP contribution in [0.1, 0.15) is 26.3 Å². The minimum atomic E-state index is -0.303. The SMILES string of the molecule is C=Nc1cc(F)ccc1C(=C)C.CC. The summed E-state index contributed by atoms with van der Waals surface area (Å²) >= 11 is 0. The fourth-order valence-electron chi connectivity index (χ4n) is 0.997. The van der Waals surface area contributed by atoms with Gasteiger partial charge in [0.05, 0.1) is 5.69 Å². The van der Waals surface area contributed by atoms with Crippen molar-refractivity contribution in [2.75, 3.05) is 0 Å². The van der Waals surface area contributed by atoms with Gasteiger partial charge in [-0.2, -0.15) is 0 Å². The Morgan fingerprint density at radius 3 is 2.36 bits per heavy atom. The lowest BCUT2D eigenvalue weighted by atomic mass is 10.1. The van der Waals surface area contributed by atoms with Gasteiger partial charge < -0.3 is 0 Å². The maximum absolute atomic E-state index is 12.7. The van der Waals surface area contributed by atoms with Crippen LogP contribution < -0.4 is 0 Å². The smallest absolute Gasteiger partial charge is 0.125 e. The highest BCUT2D eigenvalue weighted by atomic mass is 19.1. The van der Waals surface area contributed by atoms with Crippen molar-refractivity contribution in [3.63, 3.8) is 0 Å². The molecule has 1 aromatic rings. The summed E-state index contributed by atoms with van der Waals surface area (Å²) in [6, 6.07) is 4.39. The number of hydrogen-bond acceptors (Lipinski definition) is 1. The van der Waals surface area contributed by atoms with Gasteiger partial charge in [-0.3, -0.25) is 4.99 Å². The van der Waals surface area contributed by atoms with Crippen LogP contribution in [-0.2, 0) is 0 Å². The molecule has 0 aliphatic carbocycles. The van der Waals surface area contributed by atoms with Crippen molar-refractivity contribution < 1.29 is 4.39 Å². The first-order valence-electron chi connectivity index (χ1n) is 4.57. The molecule has 1 nitrogen and oxygen atoms in total. The Hall–Kier alpha value is -1.44. The molecule has 0 bridgehead atoms. The maximum atomic E-state index is 12.7. The molecule has 0 fully saturated rings. The number of benzene rings is 1. The average molecular weight is 193 g/mol. The molecule has 0 aromatic heterocycles. The zero-order valence-corrected chi connectivity index (χ0v) is 8.97. The Labute approximate surface area is 85.0 Å². The second kappa shape index (κ2) is 6.08. The van der Waals surface area contributed by atoms with Crippen LogP contribution in [-0.4, -0.2) is 6.72 Å². The number of nitrogens with zero attached hydrogens (tertiary/aromatic N) is 1. The molecule has 0 saturated heterocycles. The Balaban J connectivity index is 0.000000791. The molecule has 1 aromatic carbocycles. The van der Waals surface area contributed by atoms with Crippen molar-refractivity contribution in [1.82, 2.24) is 0 Å². The van der Waals surface area contributed by atoms with Crippen LogP contribution in [0.4, 0.5) is 10.1 Å². The summed E-state index contributed by atoms with van der Waals surface area (Å²) < 4.78 is 12.7. The van der Waals surface area contributed by atoms with E-state index in [0.717, 1.165) is 11.1 Å². The topological polar surface area (TPSA) is 12.4 Å². The third kappa shape index (κ3) is 3.13. The van der Waals surface area contributed by atoms with Crippen LogP contribution in [0.5, 0.6) is 0 Å². The number of allylic oxidation sites excluding steroid dienone is 1. The first-order chi connectivity index (χ1) is 6.65. The minimum absolute atomic E-state index is 0.303. The molecule has 0 spiro atoms. The number of rotatable bonds is 2. The largest absolute Gasteiger partial charge is 0.264 e. The van der Waals surface area contributed by atoms with Crippen LogP contribution in [0.15, 0.2) is 29.8 Å². The zero-order chi connectivity index (χ0) is 11.1. The summed E-state index contributed by atoms with van der Waals surface area (Å²) in [5, 5.41) is 0. The third-order valence-electron chi connectivity index (χ3n) is 1.59. The molecular weight excluding hydrogens is 177 g/mol. The van der Waals surface area contributed by atoms with Crippen molar-refractivity contribution in [3.05, 3.63) is 36.2 Å². The Bertz CT molecular complexity index is 329. The van der Waals surface area contributed by atoms with E-state index in [1.165, 1.54) is 12.1 Å². The lowest BCUT2D eigenvalue weighted by molar-refractivity contribution is 0.628. The zero-order valence-electron chi connectivity index (χ0n) is 8.97. The first kappa shape index (κ1) is 12.6. The highest BCUT2D eigenvalue weighted by Crippen LogP contribution is 2.25. The molecule has 0 radical (unpaired) electrons. The molecule has 1 rings (SSSR count). The van der Waals surface area contributed by atoms with Crippen LogP contribution >= 0.6 is 0 Å². The van der Waals surface area contributed by atoms with Gasteiger partial charge in [0.1, 0.15) is 5.82 Å². The van der Waals surface area contributed by atoms with E-state index in [2.05, 4.69) is 18.3 Å². The molecule has 0 unspecified atom stereocenters. The number of hydrogen-bond donors (Lipinski definition) is 0. The minimum Gasteiger partial charge on any atom is -0.264 e. The van der Waals surface area contributed by atoms with Crippen LogP contribution in [0.3, 0.4) is 0 Å². The highest BCUT2D eigenvalue weighted by Gasteiger charge is 2.01. The summed E-state index contributed by atoms with van der Waals surface area (Å²) in [4.78, 5) is 3.70. The molecule has 76 valence electrons. The standard InChI is InChI=1S/C10H10FN.C2H6/c1-7(2)9-5-4-8(11)6-10(9)12-3;1-2/h4-6H,1,3H2,2H3;1-2H3. The third-order valence-corrected chi connectivity index (χ3v) is 1.59. The fourth-order valence-corrected chi connectivity index (χ4v) is 0.997. The van der Waals surface area contributed by atoms with E-state index in [1.54, 1.807) is 6.07 Å². The molecule has 2 heteroatoms. The highest BCUT2D eigenvalue weighted by molar-refractivity contribution is 5.72. The number of aliphatic imine (C=N–C) groups is 1. The van der Waals surface area contributed by atoms with Crippen LogP contribution in [0, 0.1) is 5.82 Å². The van der Waals surface area contributed by atoms with Gasteiger partial charge in [-0.05, 0) is 31.3 Å². The lowest BCUT2D eigenvalue weighted by Gasteiger charge is -2.03. The van der Waals surface area contributed by atoms with Crippen molar-refractivity contribution in [2.24, 2.45) is 4.99 Å². The Morgan fingerprint density at radius 1 is 1.36 bits per heavy atom. The van der Waals surface area contributed by atoms with Crippen molar-refractivity contribution in [2.45, 2.75) is 20.8 Å². The van der Waals surface area contributed by atoms with Gasteiger partial charge in [0, 0.05) is 11.6 Å². The van der Waals surface area contributed by atoms with E-state index in [0.29, 0.717) is 5.69 Å². The van der Waals surface area contributed by atoms with E-state index in [-0.39, 0.29) is 5.82 Å². The van der Waals surface area contributed by atoms with Gasteiger partial charge in [-0.1, -0.05) is 20.4 Å². The maximum Gasteiger partial charge on any atom is 0.125 e. The summed E-state index contributed by atoms with van der Waals surface area (Å²) in [5.41, 5.74) is 2.24. The molecule has 0 amide bonds. The predicted octanol–water partition coefficient (Wildman–Crippen LogP) is 4.22. The van der Waals surface area contributed by atoms with E-state index in [9.17, 15) is 4.39 Å². The predicted molar refractivity (Wildman–Crippen MR) is 61.7 cm³/mol. The van der Waals surface area contributed by atoms with Crippen molar-refractivity contribution >= 4 is 18.0 Å². The summed E-state index contributed by atoms with van der Waals surface area (Å²) in [7, 11) is 0. The Kier molecular flexibility index (Phi) is 5.46. The van der Waals surface area contributed by atoms with Crippen LogP contribution in [0.2, 0.25) is 0 Å². The van der Waals surface area contributed by atoms with Crippen LogP contribution in [0.25, 0.3) is 5.57 Å². The van der Waals surface area contributed by atoms with Gasteiger partial charge in [0.25, 0.3) is 0 Å². The normalized spacial score (nSPS) is 8.57. The molecule has 0 N–H and O–H groups in total. The lowest BCUT2D eigenvalue weighted by Crippen LogP contribution is -1.81. The molecule has 14 heavy (non-hydrogen) atoms. The fraction of sp³-hybridized carbons (Fsp3) is 0.250. The second-order valence-corrected chi connectivity index (χ2v) is 2.60. The van der Waals surface area contributed by atoms with Gasteiger partial charge in [0.2, 0.25) is 0 Å². The molecule has 0 aliphatic rings. The summed E-state index contributed by atoms with van der Waals surface area (Å²) in [5.74, 6) is -0.303. The molecular formula is C12H16FN.